The third-order valence-electron chi connectivity index (χ3n) is 4.35. The second-order valence-corrected chi connectivity index (χ2v) is 6.76. The number of aromatic nitrogens is 3. The average Bonchev–Trinajstić information content (AvgIpc) is 3.15. The van der Waals surface area contributed by atoms with Crippen LogP contribution in [0.1, 0.15) is 30.5 Å². The Bertz CT molecular complexity index is 847. The van der Waals surface area contributed by atoms with Crippen LogP contribution in [0.15, 0.2) is 23.0 Å². The number of H-pyrrole nitrogens is 1. The summed E-state index contributed by atoms with van der Waals surface area (Å²) >= 11 is 6.10. The third kappa shape index (κ3) is 4.68. The summed E-state index contributed by atoms with van der Waals surface area (Å²) in [5.74, 6) is 0.222. The first kappa shape index (κ1) is 18.5. The number of hydrogen-bond acceptors (Lipinski definition) is 5. The fraction of sp³-hybridized carbons (Fsp3) is 0.444. The van der Waals surface area contributed by atoms with Gasteiger partial charge in [-0.3, -0.25) is 9.59 Å². The molecular weight excluding hydrogens is 356 g/mol. The van der Waals surface area contributed by atoms with E-state index in [0.29, 0.717) is 23.0 Å². The second kappa shape index (κ2) is 8.42. The van der Waals surface area contributed by atoms with Crippen LogP contribution in [-0.4, -0.2) is 40.3 Å². The molecule has 0 aliphatic carbocycles. The normalized spacial score (nSPS) is 16.6. The molecule has 1 aromatic carbocycles. The van der Waals surface area contributed by atoms with E-state index in [4.69, 9.17) is 16.3 Å². The lowest BCUT2D eigenvalue weighted by Crippen LogP contribution is -2.32. The van der Waals surface area contributed by atoms with Crippen molar-refractivity contribution < 1.29 is 9.53 Å². The van der Waals surface area contributed by atoms with Gasteiger partial charge >= 0.3 is 0 Å². The van der Waals surface area contributed by atoms with Crippen LogP contribution in [0.4, 0.5) is 0 Å². The zero-order valence-electron chi connectivity index (χ0n) is 14.5. The number of hydrogen-bond donors (Lipinski definition) is 2. The molecule has 8 heteroatoms. The maximum Gasteiger partial charge on any atom is 0.273 e. The molecule has 2 aromatic rings. The number of ether oxygens (including phenoxy) is 1. The lowest BCUT2D eigenvalue weighted by molar-refractivity contribution is -0.121. The minimum atomic E-state index is -0.348. The van der Waals surface area contributed by atoms with E-state index in [1.807, 2.05) is 19.1 Å². The van der Waals surface area contributed by atoms with E-state index in [-0.39, 0.29) is 36.1 Å². The quantitative estimate of drug-likeness (QED) is 0.803. The van der Waals surface area contributed by atoms with Crippen LogP contribution < -0.4 is 10.9 Å². The third-order valence-corrected chi connectivity index (χ3v) is 4.76. The van der Waals surface area contributed by atoms with E-state index in [1.165, 1.54) is 0 Å². The van der Waals surface area contributed by atoms with Crippen molar-refractivity contribution in [3.05, 3.63) is 44.8 Å². The number of aryl methyl sites for hydroxylation is 2. The van der Waals surface area contributed by atoms with Gasteiger partial charge in [0.2, 0.25) is 5.91 Å². The van der Waals surface area contributed by atoms with Crippen molar-refractivity contribution in [3.63, 3.8) is 0 Å². The van der Waals surface area contributed by atoms with Gasteiger partial charge in [0.15, 0.2) is 5.82 Å². The number of halogens is 1. The van der Waals surface area contributed by atoms with Gasteiger partial charge in [-0.25, -0.2) is 0 Å². The summed E-state index contributed by atoms with van der Waals surface area (Å²) < 4.78 is 5.45. The number of nitrogens with one attached hydrogen (secondary N) is 2. The van der Waals surface area contributed by atoms with E-state index in [9.17, 15) is 9.59 Å². The Kier molecular flexibility index (Phi) is 6.00. The molecule has 3 rings (SSSR count). The highest BCUT2D eigenvalue weighted by atomic mass is 35.5. The first-order chi connectivity index (χ1) is 12.5. The Morgan fingerprint density at radius 2 is 2.27 bits per heavy atom. The summed E-state index contributed by atoms with van der Waals surface area (Å²) in [7, 11) is 0. The molecule has 1 unspecified atom stereocenters. The van der Waals surface area contributed by atoms with Crippen LogP contribution in [0.5, 0.6) is 0 Å². The summed E-state index contributed by atoms with van der Waals surface area (Å²) in [4.78, 5) is 26.8. The number of carbonyl (C=O) groups excluding carboxylic acids is 1. The smallest absolute Gasteiger partial charge is 0.273 e. The SMILES string of the molecule is Cc1ccc(-c2nnc(CCC(=O)NCC3CCCO3)c(=O)[nH]2)cc1Cl. The topological polar surface area (TPSA) is 97.0 Å². The molecule has 1 amide bonds. The highest BCUT2D eigenvalue weighted by Gasteiger charge is 2.16. The molecule has 0 radical (unpaired) electrons. The Morgan fingerprint density at radius 3 is 2.96 bits per heavy atom. The number of benzene rings is 1. The molecule has 0 saturated carbocycles. The summed E-state index contributed by atoms with van der Waals surface area (Å²) in [5.41, 5.74) is 1.51. The van der Waals surface area contributed by atoms with Gasteiger partial charge in [-0.1, -0.05) is 23.7 Å². The average molecular weight is 377 g/mol. The maximum atomic E-state index is 12.2. The van der Waals surface area contributed by atoms with Crippen molar-refractivity contribution in [3.8, 4) is 11.4 Å². The largest absolute Gasteiger partial charge is 0.376 e. The summed E-state index contributed by atoms with van der Waals surface area (Å²) in [5, 5.41) is 11.4. The molecule has 7 nitrogen and oxygen atoms in total. The van der Waals surface area contributed by atoms with Crippen LogP contribution >= 0.6 is 11.6 Å². The van der Waals surface area contributed by atoms with Crippen LogP contribution in [0, 0.1) is 6.92 Å². The Labute approximate surface area is 156 Å². The molecule has 0 bridgehead atoms. The zero-order chi connectivity index (χ0) is 18.5. The van der Waals surface area contributed by atoms with E-state index in [0.717, 1.165) is 25.0 Å². The van der Waals surface area contributed by atoms with Gasteiger partial charge in [-0.05, 0) is 31.4 Å². The van der Waals surface area contributed by atoms with Gasteiger partial charge in [-0.15, -0.1) is 10.2 Å². The molecular formula is C18H21ClN4O3. The number of amides is 1. The Morgan fingerprint density at radius 1 is 1.42 bits per heavy atom. The van der Waals surface area contributed by atoms with Gasteiger partial charge < -0.3 is 15.0 Å². The molecule has 1 atom stereocenters. The van der Waals surface area contributed by atoms with Crippen molar-refractivity contribution in [1.82, 2.24) is 20.5 Å². The highest BCUT2D eigenvalue weighted by Crippen LogP contribution is 2.21. The minimum absolute atomic E-state index is 0.0998. The zero-order valence-corrected chi connectivity index (χ0v) is 15.3. The van der Waals surface area contributed by atoms with Gasteiger partial charge in [-0.2, -0.15) is 0 Å². The standard InChI is InChI=1S/C18H21ClN4O3/c1-11-4-5-12(9-14(11)19)17-21-18(25)15(22-23-17)6-7-16(24)20-10-13-3-2-8-26-13/h4-5,9,13H,2-3,6-8,10H2,1H3,(H,20,24)(H,21,23,25). The second-order valence-electron chi connectivity index (χ2n) is 6.35. The molecule has 1 aliphatic rings. The highest BCUT2D eigenvalue weighted by molar-refractivity contribution is 6.31. The lowest BCUT2D eigenvalue weighted by atomic mass is 10.1. The van der Waals surface area contributed by atoms with E-state index >= 15 is 0 Å². The molecule has 1 aromatic heterocycles. The molecule has 26 heavy (non-hydrogen) atoms. The Hall–Kier alpha value is -2.25. The van der Waals surface area contributed by atoms with Crippen molar-refractivity contribution in [1.29, 1.82) is 0 Å². The van der Waals surface area contributed by atoms with E-state index < -0.39 is 0 Å². The van der Waals surface area contributed by atoms with Crippen LogP contribution in [-0.2, 0) is 16.0 Å². The molecule has 138 valence electrons. The Balaban J connectivity index is 1.58. The number of rotatable bonds is 6. The predicted octanol–water partition coefficient (Wildman–Crippen LogP) is 2.02. The van der Waals surface area contributed by atoms with Crippen molar-refractivity contribution in [2.45, 2.75) is 38.7 Å². The lowest BCUT2D eigenvalue weighted by Gasteiger charge is -2.10. The fourth-order valence-corrected chi connectivity index (χ4v) is 2.93. The van der Waals surface area contributed by atoms with Crippen LogP contribution in [0.3, 0.4) is 0 Å². The molecule has 1 saturated heterocycles. The van der Waals surface area contributed by atoms with Gasteiger partial charge in [0.05, 0.1) is 6.10 Å². The molecule has 1 fully saturated rings. The molecule has 1 aliphatic heterocycles. The fourth-order valence-electron chi connectivity index (χ4n) is 2.75. The summed E-state index contributed by atoms with van der Waals surface area (Å²) in [6, 6.07) is 5.40. The van der Waals surface area contributed by atoms with Crippen molar-refractivity contribution in [2.24, 2.45) is 0 Å². The summed E-state index contributed by atoms with van der Waals surface area (Å²) in [6.07, 6.45) is 2.51. The number of nitrogens with zero attached hydrogens (tertiary/aromatic N) is 2. The van der Waals surface area contributed by atoms with Gasteiger partial charge in [0.25, 0.3) is 5.56 Å². The summed E-state index contributed by atoms with van der Waals surface area (Å²) in [6.45, 7) is 3.16. The molecule has 2 N–H and O–H groups in total. The van der Waals surface area contributed by atoms with E-state index in [2.05, 4.69) is 20.5 Å². The predicted molar refractivity (Wildman–Crippen MR) is 98.1 cm³/mol. The molecule has 2 heterocycles. The monoisotopic (exact) mass is 376 g/mol. The maximum absolute atomic E-state index is 12.2. The number of aromatic amines is 1. The first-order valence-corrected chi connectivity index (χ1v) is 9.01. The van der Waals surface area contributed by atoms with Crippen LogP contribution in [0.2, 0.25) is 5.02 Å². The molecule has 0 spiro atoms. The van der Waals surface area contributed by atoms with Gasteiger partial charge in [0, 0.05) is 36.6 Å². The van der Waals surface area contributed by atoms with Crippen LogP contribution in [0.25, 0.3) is 11.4 Å². The number of carbonyl (C=O) groups is 1. The minimum Gasteiger partial charge on any atom is -0.376 e. The van der Waals surface area contributed by atoms with E-state index in [1.54, 1.807) is 6.07 Å². The first-order valence-electron chi connectivity index (χ1n) is 8.63. The van der Waals surface area contributed by atoms with Crippen molar-refractivity contribution in [2.75, 3.05) is 13.2 Å². The van der Waals surface area contributed by atoms with Crippen molar-refractivity contribution >= 4 is 17.5 Å². The van der Waals surface area contributed by atoms with Gasteiger partial charge in [0.1, 0.15) is 5.69 Å².